The standard InChI is InChI=1S/C25H26N2O5S/c1-3-32-22-12-6-19(7-13-22)24(28)16-17-25(29)26-20-8-10-21(11-9-20)27-33(30,31)23-14-4-18(2)5-15-23/h4-15,27H,3,16-17H2,1-2H3,(H,26,29). The normalized spacial score (nSPS) is 11.0. The number of carbonyl (C=O) groups is 2. The molecule has 0 radical (unpaired) electrons. The van der Waals surface area contributed by atoms with E-state index in [-0.39, 0.29) is 29.4 Å². The number of rotatable bonds is 10. The van der Waals surface area contributed by atoms with Crippen LogP contribution in [0, 0.1) is 6.92 Å². The molecule has 0 heterocycles. The molecule has 8 heteroatoms. The zero-order chi connectivity index (χ0) is 23.8. The topological polar surface area (TPSA) is 102 Å². The summed E-state index contributed by atoms with van der Waals surface area (Å²) in [5, 5.41) is 2.71. The molecule has 0 bridgehead atoms. The van der Waals surface area contributed by atoms with Gasteiger partial charge in [0.15, 0.2) is 5.78 Å². The van der Waals surface area contributed by atoms with Crippen LogP contribution in [0.4, 0.5) is 11.4 Å². The summed E-state index contributed by atoms with van der Waals surface area (Å²) < 4.78 is 32.8. The number of hydrogen-bond donors (Lipinski definition) is 2. The van der Waals surface area contributed by atoms with Crippen LogP contribution in [0.2, 0.25) is 0 Å². The van der Waals surface area contributed by atoms with Gasteiger partial charge in [0.25, 0.3) is 10.0 Å². The molecule has 1 amide bonds. The Hall–Kier alpha value is -3.65. The van der Waals surface area contributed by atoms with E-state index in [1.807, 2.05) is 13.8 Å². The van der Waals surface area contributed by atoms with Gasteiger partial charge in [0.2, 0.25) is 5.91 Å². The monoisotopic (exact) mass is 466 g/mol. The molecule has 3 rings (SSSR count). The van der Waals surface area contributed by atoms with E-state index in [1.54, 1.807) is 72.8 Å². The molecule has 0 unspecified atom stereocenters. The number of hydrogen-bond acceptors (Lipinski definition) is 5. The van der Waals surface area contributed by atoms with E-state index in [0.717, 1.165) is 5.56 Å². The molecule has 33 heavy (non-hydrogen) atoms. The number of ketones is 1. The van der Waals surface area contributed by atoms with Crippen molar-refractivity contribution in [3.05, 3.63) is 83.9 Å². The van der Waals surface area contributed by atoms with Crippen molar-refractivity contribution < 1.29 is 22.7 Å². The lowest BCUT2D eigenvalue weighted by Crippen LogP contribution is -2.14. The van der Waals surface area contributed by atoms with Crippen LogP contribution in [0.25, 0.3) is 0 Å². The second-order valence-corrected chi connectivity index (χ2v) is 9.11. The highest BCUT2D eigenvalue weighted by Crippen LogP contribution is 2.19. The summed E-state index contributed by atoms with van der Waals surface area (Å²) in [5.74, 6) is 0.257. The lowest BCUT2D eigenvalue weighted by Gasteiger charge is -2.10. The Morgan fingerprint density at radius 2 is 1.42 bits per heavy atom. The predicted octanol–water partition coefficient (Wildman–Crippen LogP) is 4.80. The number of anilines is 2. The zero-order valence-corrected chi connectivity index (χ0v) is 19.3. The van der Waals surface area contributed by atoms with Crippen LogP contribution in [0.3, 0.4) is 0 Å². The third kappa shape index (κ3) is 6.92. The van der Waals surface area contributed by atoms with Crippen molar-refractivity contribution in [1.82, 2.24) is 0 Å². The van der Waals surface area contributed by atoms with Crippen molar-refractivity contribution in [2.75, 3.05) is 16.6 Å². The van der Waals surface area contributed by atoms with Crippen molar-refractivity contribution in [3.8, 4) is 5.75 Å². The van der Waals surface area contributed by atoms with Crippen LogP contribution in [0.5, 0.6) is 5.75 Å². The van der Waals surface area contributed by atoms with Gasteiger partial charge in [-0.05, 0) is 74.5 Å². The third-order valence-electron chi connectivity index (χ3n) is 4.82. The molecule has 2 N–H and O–H groups in total. The maximum atomic E-state index is 12.5. The van der Waals surface area contributed by atoms with Crippen LogP contribution in [-0.4, -0.2) is 26.7 Å². The molecular formula is C25H26N2O5S. The second kappa shape index (κ2) is 10.8. The van der Waals surface area contributed by atoms with E-state index in [1.165, 1.54) is 0 Å². The summed E-state index contributed by atoms with van der Waals surface area (Å²) in [6.45, 7) is 4.31. The van der Waals surface area contributed by atoms with Gasteiger partial charge in [0, 0.05) is 29.8 Å². The molecule has 0 aliphatic rings. The molecule has 0 saturated heterocycles. The number of nitrogens with one attached hydrogen (secondary N) is 2. The van der Waals surface area contributed by atoms with Crippen LogP contribution in [-0.2, 0) is 14.8 Å². The summed E-state index contributed by atoms with van der Waals surface area (Å²) in [4.78, 5) is 24.7. The SMILES string of the molecule is CCOc1ccc(C(=O)CCC(=O)Nc2ccc(NS(=O)(=O)c3ccc(C)cc3)cc2)cc1. The molecule has 0 saturated carbocycles. The van der Waals surface area contributed by atoms with Gasteiger partial charge in [-0.2, -0.15) is 0 Å². The van der Waals surface area contributed by atoms with Crippen molar-refractivity contribution in [2.45, 2.75) is 31.6 Å². The molecule has 7 nitrogen and oxygen atoms in total. The lowest BCUT2D eigenvalue weighted by atomic mass is 10.1. The first-order valence-electron chi connectivity index (χ1n) is 10.5. The summed E-state index contributed by atoms with van der Waals surface area (Å²) in [5.41, 5.74) is 2.37. The minimum absolute atomic E-state index is 0.0356. The first-order chi connectivity index (χ1) is 15.8. The van der Waals surface area contributed by atoms with E-state index < -0.39 is 10.0 Å². The summed E-state index contributed by atoms with van der Waals surface area (Å²) >= 11 is 0. The van der Waals surface area contributed by atoms with Crippen molar-refractivity contribution in [3.63, 3.8) is 0 Å². The molecule has 3 aromatic carbocycles. The molecule has 0 aromatic heterocycles. The Balaban J connectivity index is 1.51. The fourth-order valence-corrected chi connectivity index (χ4v) is 4.11. The second-order valence-electron chi connectivity index (χ2n) is 7.42. The van der Waals surface area contributed by atoms with Gasteiger partial charge in [-0.3, -0.25) is 14.3 Å². The quantitative estimate of drug-likeness (QED) is 0.418. The summed E-state index contributed by atoms with van der Waals surface area (Å²) in [7, 11) is -3.70. The average molecular weight is 467 g/mol. The number of benzene rings is 3. The average Bonchev–Trinajstić information content (AvgIpc) is 2.79. The van der Waals surface area contributed by atoms with E-state index in [2.05, 4.69) is 10.0 Å². The summed E-state index contributed by atoms with van der Waals surface area (Å²) in [6.07, 6.45) is 0.113. The van der Waals surface area contributed by atoms with Gasteiger partial charge in [-0.25, -0.2) is 8.42 Å². The number of Topliss-reactive ketones (excluding diaryl/α,β-unsaturated/α-hetero) is 1. The molecule has 3 aromatic rings. The van der Waals surface area contributed by atoms with E-state index in [4.69, 9.17) is 4.74 Å². The Bertz CT molecular complexity index is 1200. The number of aryl methyl sites for hydroxylation is 1. The highest BCUT2D eigenvalue weighted by molar-refractivity contribution is 7.92. The molecule has 0 atom stereocenters. The molecular weight excluding hydrogens is 440 g/mol. The Morgan fingerprint density at radius 3 is 2.03 bits per heavy atom. The molecule has 0 aliphatic heterocycles. The van der Waals surface area contributed by atoms with Gasteiger partial charge in [0.1, 0.15) is 5.75 Å². The van der Waals surface area contributed by atoms with Crippen molar-refractivity contribution in [1.29, 1.82) is 0 Å². The largest absolute Gasteiger partial charge is 0.494 e. The lowest BCUT2D eigenvalue weighted by molar-refractivity contribution is -0.116. The molecule has 0 aliphatic carbocycles. The number of sulfonamides is 1. The third-order valence-corrected chi connectivity index (χ3v) is 6.22. The maximum Gasteiger partial charge on any atom is 0.261 e. The number of amides is 1. The van der Waals surface area contributed by atoms with Gasteiger partial charge < -0.3 is 10.1 Å². The Morgan fingerprint density at radius 1 is 0.818 bits per heavy atom. The first kappa shape index (κ1) is 24.0. The smallest absolute Gasteiger partial charge is 0.261 e. The van der Waals surface area contributed by atoms with Crippen molar-refractivity contribution in [2.24, 2.45) is 0 Å². The molecule has 172 valence electrons. The Labute approximate surface area is 193 Å². The minimum atomic E-state index is -3.70. The van der Waals surface area contributed by atoms with E-state index in [9.17, 15) is 18.0 Å². The van der Waals surface area contributed by atoms with Crippen molar-refractivity contribution >= 4 is 33.1 Å². The Kier molecular flexibility index (Phi) is 7.84. The van der Waals surface area contributed by atoms with E-state index in [0.29, 0.717) is 29.3 Å². The number of carbonyl (C=O) groups excluding carboxylic acids is 2. The van der Waals surface area contributed by atoms with Gasteiger partial charge in [0.05, 0.1) is 11.5 Å². The zero-order valence-electron chi connectivity index (χ0n) is 18.5. The summed E-state index contributed by atoms with van der Waals surface area (Å²) in [6, 6.07) is 19.7. The van der Waals surface area contributed by atoms with Gasteiger partial charge in [-0.1, -0.05) is 17.7 Å². The first-order valence-corrected chi connectivity index (χ1v) is 12.0. The fourth-order valence-electron chi connectivity index (χ4n) is 3.05. The van der Waals surface area contributed by atoms with Gasteiger partial charge in [-0.15, -0.1) is 0 Å². The van der Waals surface area contributed by atoms with Gasteiger partial charge >= 0.3 is 0 Å². The fraction of sp³-hybridized carbons (Fsp3) is 0.200. The van der Waals surface area contributed by atoms with E-state index >= 15 is 0 Å². The minimum Gasteiger partial charge on any atom is -0.494 e. The van der Waals surface area contributed by atoms with Crippen LogP contribution < -0.4 is 14.8 Å². The number of ether oxygens (including phenoxy) is 1. The highest BCUT2D eigenvalue weighted by Gasteiger charge is 2.14. The maximum absolute atomic E-state index is 12.5. The predicted molar refractivity (Wildman–Crippen MR) is 128 cm³/mol. The van der Waals surface area contributed by atoms with Crippen LogP contribution in [0.1, 0.15) is 35.7 Å². The van der Waals surface area contributed by atoms with Crippen LogP contribution >= 0.6 is 0 Å². The van der Waals surface area contributed by atoms with Crippen LogP contribution in [0.15, 0.2) is 77.7 Å². The molecule has 0 spiro atoms. The highest BCUT2D eigenvalue weighted by atomic mass is 32.2. The molecule has 0 fully saturated rings.